The second-order valence-corrected chi connectivity index (χ2v) is 3.42. The van der Waals surface area contributed by atoms with E-state index in [9.17, 15) is 28.7 Å². The molecule has 58 valence electrons. The fraction of sp³-hybridized carbons (Fsp3) is 0. The maximum atomic E-state index is 9.32. The molecule has 0 fully saturated rings. The molecule has 0 aromatic carbocycles. The number of phosphoric acid groups is 2. The first-order valence-corrected chi connectivity index (χ1v) is 4.38. The minimum absolute atomic E-state index is 0. The van der Waals surface area contributed by atoms with Gasteiger partial charge >= 0.3 is 26.2 Å². The van der Waals surface area contributed by atoms with Gasteiger partial charge in [0.25, 0.3) is 0 Å². The second kappa shape index (κ2) is 4.24. The van der Waals surface area contributed by atoms with Gasteiger partial charge in [0.2, 0.25) is 0 Å². The summed E-state index contributed by atoms with van der Waals surface area (Å²) in [5, 5.41) is 0. The molecule has 0 N–H and O–H groups in total. The van der Waals surface area contributed by atoms with Gasteiger partial charge in [-0.15, -0.1) is 0 Å². The van der Waals surface area contributed by atoms with Gasteiger partial charge in [-0.2, -0.15) is 0 Å². The van der Waals surface area contributed by atoms with E-state index < -0.39 is 15.6 Å². The van der Waals surface area contributed by atoms with Crippen LogP contribution in [-0.4, -0.2) is 26.2 Å². The molecule has 0 bridgehead atoms. The van der Waals surface area contributed by atoms with Crippen LogP contribution in [0.15, 0.2) is 0 Å². The van der Waals surface area contributed by atoms with Crippen LogP contribution in [0.5, 0.6) is 0 Å². The summed E-state index contributed by atoms with van der Waals surface area (Å²) in [4.78, 5) is 37.3. The summed E-state index contributed by atoms with van der Waals surface area (Å²) in [6.45, 7) is 0. The van der Waals surface area contributed by atoms with E-state index in [4.69, 9.17) is 0 Å². The quantitative estimate of drug-likeness (QED) is 0.350. The molecule has 0 unspecified atom stereocenters. The number of hydrogen-bond donors (Lipinski definition) is 0. The monoisotopic (exact) mass is 384 g/mol. The van der Waals surface area contributed by atoms with Crippen LogP contribution in [0.4, 0.5) is 0 Å². The third-order valence-corrected chi connectivity index (χ3v) is 1.80. The van der Waals surface area contributed by atoms with Gasteiger partial charge in [0.1, 0.15) is 0 Å². The van der Waals surface area contributed by atoms with Crippen LogP contribution < -0.4 is 19.6 Å². The Morgan fingerprint density at radius 2 is 1.10 bits per heavy atom. The van der Waals surface area contributed by atoms with Crippen molar-refractivity contribution in [2.24, 2.45) is 0 Å². The summed E-state index contributed by atoms with van der Waals surface area (Å²) in [5.41, 5.74) is 0. The Balaban J connectivity index is 0. The van der Waals surface area contributed by atoms with E-state index in [1.807, 2.05) is 0 Å². The van der Waals surface area contributed by atoms with Crippen LogP contribution in [0.1, 0.15) is 0 Å². The van der Waals surface area contributed by atoms with Gasteiger partial charge in [-0.1, -0.05) is 0 Å². The first-order valence-electron chi connectivity index (χ1n) is 1.46. The van der Waals surface area contributed by atoms with E-state index in [0.29, 0.717) is 0 Å². The number of rotatable bonds is 2. The van der Waals surface area contributed by atoms with Gasteiger partial charge < -0.3 is 33.0 Å². The van der Waals surface area contributed by atoms with Crippen molar-refractivity contribution in [2.75, 3.05) is 0 Å². The van der Waals surface area contributed by atoms with Gasteiger partial charge in [0.05, 0.1) is 15.6 Å². The summed E-state index contributed by atoms with van der Waals surface area (Å²) in [6.07, 6.45) is 0. The SMILES string of the molecule is O=P([O-])([O-])OP(=O)([O-])[O-].[BiH+4]. The van der Waals surface area contributed by atoms with Gasteiger partial charge in [-0.25, -0.2) is 0 Å². The fourth-order valence-electron chi connectivity index (χ4n) is 0.122. The van der Waals surface area contributed by atoms with Gasteiger partial charge in [0, 0.05) is 0 Å². The molecule has 0 atom stereocenters. The summed E-state index contributed by atoms with van der Waals surface area (Å²) < 4.78 is 21.2. The molecule has 10 heteroatoms. The molecular weight excluding hydrogens is 383 g/mol. The zero-order valence-electron chi connectivity index (χ0n) is 4.25. The Morgan fingerprint density at radius 1 is 0.900 bits per heavy atom. The standard InChI is InChI=1S/Bi.H4O7P2.H/c;1-8(2,3)7-9(4,5)6;/h;(H2,1,2,3)(H2,4,5,6);/q+4;;/p-4. The molecule has 0 amide bonds. The van der Waals surface area contributed by atoms with Crippen molar-refractivity contribution in [2.45, 2.75) is 0 Å². The van der Waals surface area contributed by atoms with Crippen molar-refractivity contribution in [3.63, 3.8) is 0 Å². The van der Waals surface area contributed by atoms with Crippen molar-refractivity contribution in [1.29, 1.82) is 0 Å². The molecule has 0 rings (SSSR count). The molecule has 0 aliphatic carbocycles. The Hall–Kier alpha value is 1.14. The second-order valence-electron chi connectivity index (χ2n) is 0.976. The van der Waals surface area contributed by atoms with Crippen LogP contribution in [-0.2, 0) is 13.4 Å². The van der Waals surface area contributed by atoms with Crippen molar-refractivity contribution < 1.29 is 33.0 Å². The van der Waals surface area contributed by atoms with E-state index in [-0.39, 0.29) is 26.2 Å². The number of hydrogen-bond acceptors (Lipinski definition) is 7. The Kier molecular flexibility index (Phi) is 5.81. The topological polar surface area (TPSA) is 136 Å². The molecule has 0 aromatic rings. The Bertz CT molecular complexity index is 152. The van der Waals surface area contributed by atoms with Crippen molar-refractivity contribution >= 4 is 41.8 Å². The first-order chi connectivity index (χ1) is 3.71. The van der Waals surface area contributed by atoms with Gasteiger partial charge in [-0.05, 0) is 0 Å². The zero-order valence-corrected chi connectivity index (χ0v) is 9.93. The minimum atomic E-state index is -5.68. The van der Waals surface area contributed by atoms with Crippen molar-refractivity contribution in [3.05, 3.63) is 0 Å². The van der Waals surface area contributed by atoms with Crippen LogP contribution in [0.25, 0.3) is 0 Å². The molecule has 0 aliphatic rings. The molecule has 0 radical (unpaired) electrons. The molecule has 0 aliphatic heterocycles. The summed E-state index contributed by atoms with van der Waals surface area (Å²) in [5.74, 6) is 0. The maximum absolute atomic E-state index is 9.32. The van der Waals surface area contributed by atoms with Gasteiger partial charge in [0.15, 0.2) is 0 Å². The molecular formula is HBiO7P2. The van der Waals surface area contributed by atoms with E-state index in [2.05, 4.69) is 4.31 Å². The normalized spacial score (nSPS) is 12.4. The zero-order chi connectivity index (χ0) is 7.71. The summed E-state index contributed by atoms with van der Waals surface area (Å²) in [6, 6.07) is 0. The van der Waals surface area contributed by atoms with E-state index in [1.165, 1.54) is 0 Å². The van der Waals surface area contributed by atoms with Crippen LogP contribution in [0.3, 0.4) is 0 Å². The predicted molar refractivity (Wildman–Crippen MR) is 23.4 cm³/mol. The van der Waals surface area contributed by atoms with Gasteiger partial charge in [-0.3, -0.25) is 0 Å². The van der Waals surface area contributed by atoms with Crippen molar-refractivity contribution in [1.82, 2.24) is 0 Å². The van der Waals surface area contributed by atoms with E-state index in [0.717, 1.165) is 0 Å². The average Bonchev–Trinajstić information content (AvgIpc) is 1.14. The average molecular weight is 384 g/mol. The van der Waals surface area contributed by atoms with Crippen molar-refractivity contribution in [3.8, 4) is 0 Å². The molecule has 0 saturated carbocycles. The first kappa shape index (κ1) is 13.7. The van der Waals surface area contributed by atoms with E-state index in [1.54, 1.807) is 0 Å². The molecule has 0 spiro atoms. The third-order valence-electron chi connectivity index (χ3n) is 0.200. The summed E-state index contributed by atoms with van der Waals surface area (Å²) >= 11 is 0. The Labute approximate surface area is 75.0 Å². The summed E-state index contributed by atoms with van der Waals surface area (Å²) in [7, 11) is -11.4. The Morgan fingerprint density at radius 3 is 1.10 bits per heavy atom. The molecule has 0 saturated heterocycles. The van der Waals surface area contributed by atoms with Crippen LogP contribution in [0.2, 0.25) is 0 Å². The molecule has 0 aromatic heterocycles. The van der Waals surface area contributed by atoms with Crippen LogP contribution >= 0.6 is 15.6 Å². The van der Waals surface area contributed by atoms with E-state index >= 15 is 0 Å². The predicted octanol–water partition coefficient (Wildman–Crippen LogP) is -3.99. The molecule has 7 nitrogen and oxygen atoms in total. The fourth-order valence-corrected chi connectivity index (χ4v) is 1.10. The molecule has 0 heterocycles. The third kappa shape index (κ3) is 11.9. The molecule has 10 heavy (non-hydrogen) atoms. The van der Waals surface area contributed by atoms with Crippen LogP contribution in [0, 0.1) is 0 Å².